The minimum absolute atomic E-state index is 0.0781. The summed E-state index contributed by atoms with van der Waals surface area (Å²) in [5.41, 5.74) is 0. The fraction of sp³-hybridized carbons (Fsp3) is 0.652. The van der Waals surface area contributed by atoms with E-state index >= 15 is 0 Å². The minimum Gasteiger partial charge on any atom is -0.463 e. The van der Waals surface area contributed by atoms with Gasteiger partial charge < -0.3 is 34.2 Å². The molecule has 0 bridgehead atoms. The van der Waals surface area contributed by atoms with Crippen LogP contribution in [0.25, 0.3) is 0 Å². The van der Waals surface area contributed by atoms with Crippen molar-refractivity contribution in [3.63, 3.8) is 0 Å². The van der Waals surface area contributed by atoms with E-state index < -0.39 is 91.5 Å². The largest absolute Gasteiger partial charge is 0.472 e. The van der Waals surface area contributed by atoms with Crippen LogP contribution < -0.4 is 0 Å². The Balaban J connectivity index is 4.56. The van der Waals surface area contributed by atoms with E-state index in [1.807, 2.05) is 0 Å². The number of unbranched alkanes of at least 4 members (excludes halogenated alkanes) is 26. The molecule has 0 fully saturated rings. The highest BCUT2D eigenvalue weighted by Gasteiger charge is 2.29. The van der Waals surface area contributed by atoms with Crippen LogP contribution in [-0.4, -0.2) is 95.9 Å². The summed E-state index contributed by atoms with van der Waals surface area (Å²) in [7, 11) is -9.81. The molecule has 16 nitrogen and oxygen atoms in total. The van der Waals surface area contributed by atoms with Crippen molar-refractivity contribution in [2.24, 2.45) is 0 Å². The Hall–Kier alpha value is -5.09. The molecule has 0 aromatic carbocycles. The van der Waals surface area contributed by atoms with Gasteiger partial charge in [-0.25, -0.2) is 9.13 Å². The van der Waals surface area contributed by atoms with Crippen molar-refractivity contribution in [3.05, 3.63) is 170 Å². The van der Waals surface area contributed by atoms with Gasteiger partial charge in [-0.15, -0.1) is 0 Å². The van der Waals surface area contributed by atoms with Crippen molar-refractivity contribution in [3.8, 4) is 0 Å². The number of phosphoric acid groups is 2. The second-order valence-corrected chi connectivity index (χ2v) is 30.0. The first-order valence-corrected chi connectivity index (χ1v) is 44.4. The lowest BCUT2D eigenvalue weighted by molar-refractivity contribution is -0.161. The summed E-state index contributed by atoms with van der Waals surface area (Å²) in [5, 5.41) is 20.7. The highest BCUT2D eigenvalue weighted by atomic mass is 31.2. The van der Waals surface area contributed by atoms with Crippen LogP contribution in [0.1, 0.15) is 316 Å². The second-order valence-electron chi connectivity index (χ2n) is 27.1. The third-order valence-electron chi connectivity index (χ3n) is 16.9. The Morgan fingerprint density at radius 3 is 0.738 bits per heavy atom. The number of rotatable bonds is 77. The van der Waals surface area contributed by atoms with Gasteiger partial charge in [0.1, 0.15) is 25.4 Å². The summed E-state index contributed by atoms with van der Waals surface area (Å²) >= 11 is 0. The second kappa shape index (κ2) is 80.4. The van der Waals surface area contributed by atoms with Crippen LogP contribution in [0, 0.1) is 0 Å². The summed E-state index contributed by atoms with van der Waals surface area (Å²) in [6.07, 6.45) is 103. The van der Waals surface area contributed by atoms with E-state index in [4.69, 9.17) is 32.3 Å². The number of ether oxygens (including phenoxy) is 3. The highest BCUT2D eigenvalue weighted by Crippen LogP contribution is 2.45. The molecule has 0 saturated carbocycles. The van der Waals surface area contributed by atoms with E-state index in [2.05, 4.69) is 191 Å². The molecule has 18 heteroatoms. The first kappa shape index (κ1) is 102. The fourth-order valence-electron chi connectivity index (χ4n) is 10.7. The van der Waals surface area contributed by atoms with E-state index in [0.717, 1.165) is 193 Å². The quantitative estimate of drug-likeness (QED) is 0.0146. The lowest BCUT2D eigenvalue weighted by Crippen LogP contribution is -2.30. The molecule has 4 N–H and O–H groups in total. The number of carbonyl (C=O) groups excluding carboxylic acids is 3. The maximum Gasteiger partial charge on any atom is 0.472 e. The van der Waals surface area contributed by atoms with Crippen LogP contribution in [0.15, 0.2) is 170 Å². The molecule has 107 heavy (non-hydrogen) atoms. The van der Waals surface area contributed by atoms with Crippen molar-refractivity contribution in [1.29, 1.82) is 0 Å². The van der Waals surface area contributed by atoms with Crippen molar-refractivity contribution >= 4 is 33.6 Å². The first-order valence-electron chi connectivity index (χ1n) is 41.4. The van der Waals surface area contributed by atoms with E-state index in [9.17, 15) is 43.5 Å². The van der Waals surface area contributed by atoms with Crippen LogP contribution in [0.5, 0.6) is 0 Å². The molecule has 0 aromatic heterocycles. The molecule has 610 valence electrons. The summed E-state index contributed by atoms with van der Waals surface area (Å²) in [4.78, 5) is 58.7. The summed E-state index contributed by atoms with van der Waals surface area (Å²) in [6.45, 7) is 2.31. The third kappa shape index (κ3) is 81.7. The molecule has 0 aromatic rings. The summed E-state index contributed by atoms with van der Waals surface area (Å²) in [6, 6.07) is 0. The number of phosphoric ester groups is 2. The number of aliphatic hydroxyl groups excluding tert-OH is 2. The monoisotopic (exact) mass is 1540 g/mol. The van der Waals surface area contributed by atoms with Crippen molar-refractivity contribution in [2.45, 2.75) is 334 Å². The molecule has 0 radical (unpaired) electrons. The highest BCUT2D eigenvalue weighted by molar-refractivity contribution is 7.47. The molecule has 0 heterocycles. The molecule has 0 saturated heterocycles. The van der Waals surface area contributed by atoms with Crippen LogP contribution in [0.2, 0.25) is 0 Å². The van der Waals surface area contributed by atoms with Gasteiger partial charge in [-0.1, -0.05) is 319 Å². The van der Waals surface area contributed by atoms with Crippen LogP contribution >= 0.6 is 15.6 Å². The molecule has 0 aliphatic carbocycles. The SMILES string of the molecule is CC/C=C\C/C=C\C/C=C\C/C=C\C/C=C\C/C=C\CCCCCCCCCCC(=O)OCC(COP(=O)(O)OCC(O)COP(=O)(O)OCC(O)COC(=O)CCCCCCCCCCCCCCC/C=C\C/C=C\C/C=C\C/C=C\C/C=C\CC)OC(=O)CCCCCCC/C=C\C/C=C\C/C=C\CC. The normalized spacial score (nSPS) is 14.8. The van der Waals surface area contributed by atoms with E-state index in [0.29, 0.717) is 19.3 Å². The molecule has 0 aliphatic rings. The Morgan fingerprint density at radius 2 is 0.467 bits per heavy atom. The molecular formula is C89H148O16P2. The number of esters is 3. The lowest BCUT2D eigenvalue weighted by Gasteiger charge is -2.21. The van der Waals surface area contributed by atoms with Crippen molar-refractivity contribution < 1.29 is 75.8 Å². The third-order valence-corrected chi connectivity index (χ3v) is 18.8. The zero-order valence-corrected chi connectivity index (χ0v) is 68.5. The van der Waals surface area contributed by atoms with Gasteiger partial charge in [0.2, 0.25) is 0 Å². The van der Waals surface area contributed by atoms with E-state index in [1.165, 1.54) is 64.2 Å². The molecule has 0 amide bonds. The average molecular weight is 1540 g/mol. The maximum absolute atomic E-state index is 13.0. The van der Waals surface area contributed by atoms with Gasteiger partial charge in [0, 0.05) is 19.3 Å². The summed E-state index contributed by atoms with van der Waals surface area (Å²) < 4.78 is 61.2. The number of hydrogen-bond acceptors (Lipinski definition) is 14. The van der Waals surface area contributed by atoms with E-state index in [-0.39, 0.29) is 19.3 Å². The predicted molar refractivity (Wildman–Crippen MR) is 445 cm³/mol. The number of carbonyl (C=O) groups is 3. The number of aliphatic hydroxyl groups is 2. The lowest BCUT2D eigenvalue weighted by atomic mass is 10.0. The van der Waals surface area contributed by atoms with Gasteiger partial charge in [-0.05, 0) is 148 Å². The first-order chi connectivity index (χ1) is 52.2. The van der Waals surface area contributed by atoms with Crippen molar-refractivity contribution in [2.75, 3.05) is 39.6 Å². The van der Waals surface area contributed by atoms with Gasteiger partial charge in [-0.3, -0.25) is 32.5 Å². The van der Waals surface area contributed by atoms with Crippen molar-refractivity contribution in [1.82, 2.24) is 0 Å². The molecule has 0 rings (SSSR count). The van der Waals surface area contributed by atoms with Gasteiger partial charge in [0.25, 0.3) is 0 Å². The van der Waals surface area contributed by atoms with Crippen LogP contribution in [0.4, 0.5) is 0 Å². The fourth-order valence-corrected chi connectivity index (χ4v) is 12.3. The zero-order chi connectivity index (χ0) is 78.0. The Bertz CT molecular complexity index is 2620. The van der Waals surface area contributed by atoms with Gasteiger partial charge >= 0.3 is 33.6 Å². The smallest absolute Gasteiger partial charge is 0.463 e. The molecule has 0 aliphatic heterocycles. The summed E-state index contributed by atoms with van der Waals surface area (Å²) in [5.74, 6) is -1.61. The van der Waals surface area contributed by atoms with Gasteiger partial charge in [0.05, 0.1) is 26.4 Å². The Morgan fingerprint density at radius 1 is 0.262 bits per heavy atom. The molecular weight excluding hydrogens is 1390 g/mol. The van der Waals surface area contributed by atoms with Gasteiger partial charge in [-0.2, -0.15) is 0 Å². The van der Waals surface area contributed by atoms with Crippen LogP contribution in [-0.2, 0) is 55.8 Å². The predicted octanol–water partition coefficient (Wildman–Crippen LogP) is 24.8. The van der Waals surface area contributed by atoms with E-state index in [1.54, 1.807) is 0 Å². The molecule has 0 spiro atoms. The average Bonchev–Trinajstić information content (AvgIpc) is 0.913. The zero-order valence-electron chi connectivity index (χ0n) is 66.7. The van der Waals surface area contributed by atoms with Crippen LogP contribution in [0.3, 0.4) is 0 Å². The standard InChI is InChI=1S/C89H148O16P2/c1-4-7-10-13-16-19-22-25-28-30-32-34-36-38-40-41-43-45-46-48-50-52-55-57-60-63-66-69-72-75-87(92)99-78-84(90)79-101-106(95,96)102-80-85(91)81-103-107(97,98)104-83-86(105-89(94)77-74-71-68-65-62-59-54-27-24-21-18-15-12-9-6-3)82-100-88(93)76-73-70-67-64-61-58-56-53-51-49-47-44-42-39-37-35-33-31-29-26-23-20-17-14-11-8-5-2/h7-12,16-21,25-29,32-35,38-40,42,47,49,54,84-86,90-91H,4-6,13-15,22-24,30-31,36-37,41,43-46,48,50-53,55-83H2,1-3H3,(H,95,96)(H,97,98)/b10-7-,11-8-,12-9-,19-16-,20-17-,21-18-,28-25-,29-26-,34-32-,35-33-,40-38-,42-39-,49-47-,54-27-. The topological polar surface area (TPSA) is 231 Å². The number of hydrogen-bond donors (Lipinski definition) is 4. The molecule has 5 atom stereocenters. The minimum atomic E-state index is -4.95. The van der Waals surface area contributed by atoms with Gasteiger partial charge in [0.15, 0.2) is 6.10 Å². The maximum atomic E-state index is 13.0. The number of allylic oxidation sites excluding steroid dienone is 28. The Labute approximate surface area is 650 Å². The molecule has 5 unspecified atom stereocenters. The Kier molecular flexibility index (Phi) is 76.6.